The van der Waals surface area contributed by atoms with Crippen molar-refractivity contribution in [1.29, 1.82) is 0 Å². The molecule has 4 heteroatoms. The maximum atomic E-state index is 12.2. The minimum atomic E-state index is 0.0195. The van der Waals surface area contributed by atoms with Crippen molar-refractivity contribution >= 4 is 5.91 Å². The summed E-state index contributed by atoms with van der Waals surface area (Å²) in [5, 5.41) is 3.02. The van der Waals surface area contributed by atoms with Crippen LogP contribution in [0.3, 0.4) is 0 Å². The van der Waals surface area contributed by atoms with Crippen molar-refractivity contribution in [3.8, 4) is 0 Å². The third-order valence-corrected chi connectivity index (χ3v) is 3.84. The number of benzene rings is 1. The van der Waals surface area contributed by atoms with Crippen LogP contribution >= 0.6 is 0 Å². The molecule has 1 aromatic rings. The number of rotatable bonds is 6. The Morgan fingerprint density at radius 2 is 1.95 bits per heavy atom. The lowest BCUT2D eigenvalue weighted by atomic mass is 10.0. The summed E-state index contributed by atoms with van der Waals surface area (Å²) < 4.78 is 0. The Bertz CT molecular complexity index is 427. The molecule has 4 nitrogen and oxygen atoms in total. The van der Waals surface area contributed by atoms with Crippen molar-refractivity contribution in [2.75, 3.05) is 32.7 Å². The highest BCUT2D eigenvalue weighted by Crippen LogP contribution is 2.10. The molecule has 0 aliphatic carbocycles. The fourth-order valence-electron chi connectivity index (χ4n) is 2.72. The predicted octanol–water partition coefficient (Wildman–Crippen LogP) is 1.40. The second-order valence-electron chi connectivity index (χ2n) is 5.35. The van der Waals surface area contributed by atoms with Crippen LogP contribution in [0.25, 0.3) is 0 Å². The zero-order valence-electron chi connectivity index (χ0n) is 12.1. The number of hydrogen-bond donors (Lipinski definition) is 2. The van der Waals surface area contributed by atoms with Gasteiger partial charge in [-0.3, -0.25) is 4.79 Å². The molecule has 1 amide bonds. The maximum Gasteiger partial charge on any atom is 0.251 e. The minimum absolute atomic E-state index is 0.0195. The van der Waals surface area contributed by atoms with E-state index < -0.39 is 0 Å². The van der Waals surface area contributed by atoms with Crippen molar-refractivity contribution in [2.24, 2.45) is 5.73 Å². The molecule has 1 saturated heterocycles. The molecule has 110 valence electrons. The van der Waals surface area contributed by atoms with E-state index in [-0.39, 0.29) is 5.91 Å². The molecule has 1 fully saturated rings. The molecule has 0 bridgehead atoms. The summed E-state index contributed by atoms with van der Waals surface area (Å²) in [5.74, 6) is 0.0195. The molecule has 0 saturated carbocycles. The monoisotopic (exact) mass is 275 g/mol. The zero-order valence-corrected chi connectivity index (χ0v) is 12.1. The zero-order chi connectivity index (χ0) is 14.2. The Labute approximate surface area is 121 Å². The Morgan fingerprint density at radius 1 is 1.20 bits per heavy atom. The fraction of sp³-hybridized carbons (Fsp3) is 0.562. The summed E-state index contributed by atoms with van der Waals surface area (Å²) >= 11 is 0. The topological polar surface area (TPSA) is 58.4 Å². The van der Waals surface area contributed by atoms with Crippen LogP contribution in [-0.2, 0) is 6.42 Å². The van der Waals surface area contributed by atoms with Crippen LogP contribution < -0.4 is 11.1 Å². The van der Waals surface area contributed by atoms with Crippen molar-refractivity contribution in [2.45, 2.75) is 25.7 Å². The molecular formula is C16H25N3O. The van der Waals surface area contributed by atoms with Gasteiger partial charge in [0.25, 0.3) is 5.91 Å². The van der Waals surface area contributed by atoms with Crippen LogP contribution in [0.1, 0.15) is 35.2 Å². The van der Waals surface area contributed by atoms with Gasteiger partial charge in [0.05, 0.1) is 0 Å². The SMILES string of the molecule is NCCc1ccccc1C(=O)NCCN1CCCCC1. The molecule has 0 radical (unpaired) electrons. The van der Waals surface area contributed by atoms with Gasteiger partial charge in [-0.15, -0.1) is 0 Å². The molecule has 2 rings (SSSR count). The number of carbonyl (C=O) groups excluding carboxylic acids is 1. The first-order valence-electron chi connectivity index (χ1n) is 7.60. The fourth-order valence-corrected chi connectivity index (χ4v) is 2.72. The highest BCUT2D eigenvalue weighted by Gasteiger charge is 2.12. The highest BCUT2D eigenvalue weighted by atomic mass is 16.1. The van der Waals surface area contributed by atoms with Crippen molar-refractivity contribution < 1.29 is 4.79 Å². The Kier molecular flexibility index (Phi) is 6.02. The third-order valence-electron chi connectivity index (χ3n) is 3.84. The van der Waals surface area contributed by atoms with Crippen LogP contribution in [0.15, 0.2) is 24.3 Å². The number of piperidine rings is 1. The second-order valence-corrected chi connectivity index (χ2v) is 5.35. The van der Waals surface area contributed by atoms with Gasteiger partial charge < -0.3 is 16.0 Å². The summed E-state index contributed by atoms with van der Waals surface area (Å²) in [6.07, 6.45) is 4.66. The summed E-state index contributed by atoms with van der Waals surface area (Å²) in [6, 6.07) is 7.71. The average molecular weight is 275 g/mol. The van der Waals surface area contributed by atoms with Gasteiger partial charge in [0.1, 0.15) is 0 Å². The number of likely N-dealkylation sites (tertiary alicyclic amines) is 1. The van der Waals surface area contributed by atoms with Crippen molar-refractivity contribution in [3.63, 3.8) is 0 Å². The first-order valence-corrected chi connectivity index (χ1v) is 7.60. The molecule has 1 aliphatic heterocycles. The van der Waals surface area contributed by atoms with E-state index in [1.807, 2.05) is 24.3 Å². The predicted molar refractivity (Wildman–Crippen MR) is 81.8 cm³/mol. The van der Waals surface area contributed by atoms with Crippen molar-refractivity contribution in [1.82, 2.24) is 10.2 Å². The number of nitrogens with one attached hydrogen (secondary N) is 1. The first kappa shape index (κ1) is 15.0. The molecule has 0 aromatic heterocycles. The quantitative estimate of drug-likeness (QED) is 0.825. The van der Waals surface area contributed by atoms with Crippen LogP contribution in [0.4, 0.5) is 0 Å². The van der Waals surface area contributed by atoms with Gasteiger partial charge in [-0.25, -0.2) is 0 Å². The van der Waals surface area contributed by atoms with E-state index in [9.17, 15) is 4.79 Å². The lowest BCUT2D eigenvalue weighted by Gasteiger charge is -2.26. The van der Waals surface area contributed by atoms with Gasteiger partial charge in [0, 0.05) is 18.7 Å². The number of nitrogens with zero attached hydrogens (tertiary/aromatic N) is 1. The smallest absolute Gasteiger partial charge is 0.251 e. The van der Waals surface area contributed by atoms with Crippen LogP contribution in [0.2, 0.25) is 0 Å². The average Bonchev–Trinajstić information content (AvgIpc) is 2.49. The number of carbonyl (C=O) groups is 1. The highest BCUT2D eigenvalue weighted by molar-refractivity contribution is 5.95. The van der Waals surface area contributed by atoms with E-state index >= 15 is 0 Å². The molecule has 20 heavy (non-hydrogen) atoms. The van der Waals surface area contributed by atoms with E-state index in [2.05, 4.69) is 10.2 Å². The Balaban J connectivity index is 1.82. The maximum absolute atomic E-state index is 12.2. The van der Waals surface area contributed by atoms with E-state index in [4.69, 9.17) is 5.73 Å². The number of hydrogen-bond acceptors (Lipinski definition) is 3. The number of amides is 1. The van der Waals surface area contributed by atoms with Gasteiger partial charge in [0.2, 0.25) is 0 Å². The largest absolute Gasteiger partial charge is 0.351 e. The summed E-state index contributed by atoms with van der Waals surface area (Å²) in [5.41, 5.74) is 7.38. The lowest BCUT2D eigenvalue weighted by molar-refractivity contribution is 0.0945. The molecule has 1 heterocycles. The van der Waals surface area contributed by atoms with E-state index in [1.54, 1.807) is 0 Å². The van der Waals surface area contributed by atoms with Gasteiger partial charge >= 0.3 is 0 Å². The van der Waals surface area contributed by atoms with Crippen molar-refractivity contribution in [3.05, 3.63) is 35.4 Å². The van der Waals surface area contributed by atoms with E-state index in [0.29, 0.717) is 6.54 Å². The summed E-state index contributed by atoms with van der Waals surface area (Å²) in [4.78, 5) is 14.6. The molecule has 1 aromatic carbocycles. The van der Waals surface area contributed by atoms with Gasteiger partial charge in [-0.05, 0) is 50.5 Å². The second kappa shape index (κ2) is 8.02. The van der Waals surface area contributed by atoms with Gasteiger partial charge in [-0.1, -0.05) is 24.6 Å². The van der Waals surface area contributed by atoms with Crippen LogP contribution in [0, 0.1) is 0 Å². The lowest BCUT2D eigenvalue weighted by Crippen LogP contribution is -2.37. The normalized spacial score (nSPS) is 16.1. The summed E-state index contributed by atoms with van der Waals surface area (Å²) in [6.45, 7) is 4.57. The molecule has 3 N–H and O–H groups in total. The van der Waals surface area contributed by atoms with E-state index in [0.717, 1.165) is 30.6 Å². The Morgan fingerprint density at radius 3 is 2.70 bits per heavy atom. The minimum Gasteiger partial charge on any atom is -0.351 e. The Hall–Kier alpha value is -1.39. The molecule has 0 spiro atoms. The molecular weight excluding hydrogens is 250 g/mol. The molecule has 0 unspecified atom stereocenters. The standard InChI is InChI=1S/C16H25N3O/c17-9-8-14-6-2-3-7-15(14)16(20)18-10-13-19-11-4-1-5-12-19/h2-3,6-7H,1,4-5,8-13,17H2,(H,18,20). The summed E-state index contributed by atoms with van der Waals surface area (Å²) in [7, 11) is 0. The van der Waals surface area contributed by atoms with E-state index in [1.165, 1.54) is 32.4 Å². The van der Waals surface area contributed by atoms with Gasteiger partial charge in [-0.2, -0.15) is 0 Å². The van der Waals surface area contributed by atoms with Crippen LogP contribution in [0.5, 0.6) is 0 Å². The molecule has 1 aliphatic rings. The molecule has 0 atom stereocenters. The van der Waals surface area contributed by atoms with Crippen LogP contribution in [-0.4, -0.2) is 43.5 Å². The number of nitrogens with two attached hydrogens (primary N) is 1. The third kappa shape index (κ3) is 4.32. The first-order chi connectivity index (χ1) is 9.81. The van der Waals surface area contributed by atoms with Gasteiger partial charge in [0.15, 0.2) is 0 Å².